The summed E-state index contributed by atoms with van der Waals surface area (Å²) >= 11 is 0. The molecule has 0 aromatic carbocycles. The van der Waals surface area contributed by atoms with E-state index in [-0.39, 0.29) is 17.9 Å². The van der Waals surface area contributed by atoms with Crippen LogP contribution in [0.15, 0.2) is 0 Å². The Morgan fingerprint density at radius 2 is 1.76 bits per heavy atom. The zero-order valence-corrected chi connectivity index (χ0v) is 13.9. The van der Waals surface area contributed by atoms with Crippen LogP contribution < -0.4 is 5.32 Å². The molecule has 21 heavy (non-hydrogen) atoms. The second-order valence-corrected chi connectivity index (χ2v) is 5.85. The van der Waals surface area contributed by atoms with Crippen LogP contribution in [0.3, 0.4) is 0 Å². The van der Waals surface area contributed by atoms with Gasteiger partial charge in [0.1, 0.15) is 0 Å². The summed E-state index contributed by atoms with van der Waals surface area (Å²) in [5.41, 5.74) is 0. The molecule has 3 amide bonds. The van der Waals surface area contributed by atoms with Gasteiger partial charge in [0.25, 0.3) is 0 Å². The minimum atomic E-state index is -0.115. The van der Waals surface area contributed by atoms with Crippen molar-refractivity contribution in [1.82, 2.24) is 10.2 Å². The normalized spacial score (nSPS) is 12.0. The number of rotatable bonds is 11. The lowest BCUT2D eigenvalue weighted by Gasteiger charge is -2.17. The smallest absolute Gasteiger partial charge is 0.228 e. The van der Waals surface area contributed by atoms with E-state index in [0.717, 1.165) is 25.7 Å². The molecular formula is C16H30N2O3. The van der Waals surface area contributed by atoms with E-state index < -0.39 is 0 Å². The molecule has 0 bridgehead atoms. The third-order valence-electron chi connectivity index (χ3n) is 3.60. The van der Waals surface area contributed by atoms with Gasteiger partial charge in [0.2, 0.25) is 18.2 Å². The Hall–Kier alpha value is -1.39. The molecule has 122 valence electrons. The van der Waals surface area contributed by atoms with Crippen LogP contribution in [0.2, 0.25) is 0 Å². The van der Waals surface area contributed by atoms with Crippen LogP contribution in [-0.4, -0.2) is 35.7 Å². The summed E-state index contributed by atoms with van der Waals surface area (Å²) in [5.74, 6) is 0.390. The number of amides is 3. The fourth-order valence-electron chi connectivity index (χ4n) is 1.83. The third kappa shape index (κ3) is 9.21. The number of imide groups is 1. The molecule has 5 heteroatoms. The highest BCUT2D eigenvalue weighted by Gasteiger charge is 2.12. The van der Waals surface area contributed by atoms with Crippen molar-refractivity contribution in [2.45, 2.75) is 72.3 Å². The summed E-state index contributed by atoms with van der Waals surface area (Å²) in [5, 5.41) is 2.97. The highest BCUT2D eigenvalue weighted by Crippen LogP contribution is 2.05. The highest BCUT2D eigenvalue weighted by molar-refractivity contribution is 5.85. The van der Waals surface area contributed by atoms with Crippen molar-refractivity contribution < 1.29 is 14.4 Å². The molecule has 0 aliphatic carbocycles. The topological polar surface area (TPSA) is 66.5 Å². The number of nitrogens with one attached hydrogen (secondary N) is 1. The predicted molar refractivity (Wildman–Crippen MR) is 83.6 cm³/mol. The highest BCUT2D eigenvalue weighted by atomic mass is 16.2. The van der Waals surface area contributed by atoms with Gasteiger partial charge in [-0.05, 0) is 32.1 Å². The van der Waals surface area contributed by atoms with Crippen LogP contribution in [0.1, 0.15) is 66.2 Å². The van der Waals surface area contributed by atoms with Crippen LogP contribution in [-0.2, 0) is 14.4 Å². The summed E-state index contributed by atoms with van der Waals surface area (Å²) in [6, 6.07) is 0.190. The summed E-state index contributed by atoms with van der Waals surface area (Å²) in [7, 11) is 0. The average molecular weight is 298 g/mol. The molecule has 0 aliphatic heterocycles. The molecule has 0 spiro atoms. The Bertz CT molecular complexity index is 329. The van der Waals surface area contributed by atoms with Gasteiger partial charge in [-0.2, -0.15) is 0 Å². The molecule has 0 aromatic heterocycles. The Morgan fingerprint density at radius 3 is 2.29 bits per heavy atom. The Morgan fingerprint density at radius 1 is 1.10 bits per heavy atom. The first-order valence-corrected chi connectivity index (χ1v) is 7.96. The van der Waals surface area contributed by atoms with E-state index in [2.05, 4.69) is 19.2 Å². The fourth-order valence-corrected chi connectivity index (χ4v) is 1.83. The van der Waals surface area contributed by atoms with Gasteiger partial charge in [-0.3, -0.25) is 19.3 Å². The van der Waals surface area contributed by atoms with Crippen molar-refractivity contribution >= 4 is 18.2 Å². The molecule has 0 radical (unpaired) electrons. The number of hydrogen-bond donors (Lipinski definition) is 1. The quantitative estimate of drug-likeness (QED) is 0.471. The van der Waals surface area contributed by atoms with Gasteiger partial charge in [0, 0.05) is 25.4 Å². The Labute approximate surface area is 128 Å². The van der Waals surface area contributed by atoms with E-state index in [1.54, 1.807) is 0 Å². The van der Waals surface area contributed by atoms with Crippen LogP contribution in [0, 0.1) is 5.92 Å². The SMILES string of the molecule is CCCC(=O)N(C=O)CCCCCC(=O)NC(C)C(C)C. The van der Waals surface area contributed by atoms with Crippen LogP contribution in [0.4, 0.5) is 0 Å². The zero-order chi connectivity index (χ0) is 16.3. The van der Waals surface area contributed by atoms with Crippen molar-refractivity contribution in [2.24, 2.45) is 5.92 Å². The van der Waals surface area contributed by atoms with Crippen LogP contribution in [0.5, 0.6) is 0 Å². The second-order valence-electron chi connectivity index (χ2n) is 5.85. The molecule has 0 rings (SSSR count). The lowest BCUT2D eigenvalue weighted by molar-refractivity contribution is -0.138. The second kappa shape index (κ2) is 11.3. The van der Waals surface area contributed by atoms with Crippen molar-refractivity contribution in [3.05, 3.63) is 0 Å². The molecule has 0 saturated heterocycles. The molecule has 0 aliphatic rings. The molecule has 5 nitrogen and oxygen atoms in total. The molecule has 0 aromatic rings. The maximum atomic E-state index is 11.7. The minimum Gasteiger partial charge on any atom is -0.353 e. The fraction of sp³-hybridized carbons (Fsp3) is 0.812. The summed E-state index contributed by atoms with van der Waals surface area (Å²) < 4.78 is 0. The molecule has 1 unspecified atom stereocenters. The predicted octanol–water partition coefficient (Wildman–Crippen LogP) is 2.49. The van der Waals surface area contributed by atoms with E-state index in [0.29, 0.717) is 31.7 Å². The van der Waals surface area contributed by atoms with Gasteiger partial charge >= 0.3 is 0 Å². The Kier molecular flexibility index (Phi) is 10.5. The van der Waals surface area contributed by atoms with Gasteiger partial charge in [0.15, 0.2) is 0 Å². The van der Waals surface area contributed by atoms with E-state index in [4.69, 9.17) is 0 Å². The monoisotopic (exact) mass is 298 g/mol. The first-order chi connectivity index (χ1) is 9.92. The third-order valence-corrected chi connectivity index (χ3v) is 3.60. The molecule has 0 heterocycles. The lowest BCUT2D eigenvalue weighted by atomic mass is 10.1. The van der Waals surface area contributed by atoms with Crippen LogP contribution >= 0.6 is 0 Å². The van der Waals surface area contributed by atoms with E-state index in [9.17, 15) is 14.4 Å². The van der Waals surface area contributed by atoms with Gasteiger partial charge in [-0.25, -0.2) is 0 Å². The summed E-state index contributed by atoms with van der Waals surface area (Å²) in [6.45, 7) is 8.52. The molecular weight excluding hydrogens is 268 g/mol. The first-order valence-electron chi connectivity index (χ1n) is 7.96. The van der Waals surface area contributed by atoms with Gasteiger partial charge < -0.3 is 5.32 Å². The van der Waals surface area contributed by atoms with Crippen molar-refractivity contribution in [2.75, 3.05) is 6.54 Å². The number of carbonyl (C=O) groups excluding carboxylic acids is 3. The number of carbonyl (C=O) groups is 3. The average Bonchev–Trinajstić information content (AvgIpc) is 2.42. The van der Waals surface area contributed by atoms with Gasteiger partial charge in [0.05, 0.1) is 0 Å². The summed E-state index contributed by atoms with van der Waals surface area (Å²) in [4.78, 5) is 35.3. The standard InChI is InChI=1S/C16H30N2O3/c1-5-9-16(21)18(12-19)11-8-6-7-10-15(20)17-14(4)13(2)3/h12-14H,5-11H2,1-4H3,(H,17,20). The Balaban J connectivity index is 3.77. The lowest BCUT2D eigenvalue weighted by Crippen LogP contribution is -2.35. The van der Waals surface area contributed by atoms with E-state index in [1.165, 1.54) is 4.90 Å². The molecule has 1 atom stereocenters. The van der Waals surface area contributed by atoms with Crippen molar-refractivity contribution in [1.29, 1.82) is 0 Å². The largest absolute Gasteiger partial charge is 0.353 e. The molecule has 0 saturated carbocycles. The molecule has 1 N–H and O–H groups in total. The number of hydrogen-bond acceptors (Lipinski definition) is 3. The number of unbranched alkanes of at least 4 members (excludes halogenated alkanes) is 2. The zero-order valence-electron chi connectivity index (χ0n) is 13.9. The van der Waals surface area contributed by atoms with Gasteiger partial charge in [-0.15, -0.1) is 0 Å². The number of nitrogens with zero attached hydrogens (tertiary/aromatic N) is 1. The first kappa shape index (κ1) is 19.6. The molecule has 0 fully saturated rings. The maximum Gasteiger partial charge on any atom is 0.228 e. The maximum absolute atomic E-state index is 11.7. The minimum absolute atomic E-state index is 0.0745. The van der Waals surface area contributed by atoms with Crippen LogP contribution in [0.25, 0.3) is 0 Å². The van der Waals surface area contributed by atoms with E-state index in [1.807, 2.05) is 13.8 Å². The van der Waals surface area contributed by atoms with E-state index >= 15 is 0 Å². The van der Waals surface area contributed by atoms with Gasteiger partial charge in [-0.1, -0.05) is 27.2 Å². The van der Waals surface area contributed by atoms with Crippen molar-refractivity contribution in [3.8, 4) is 0 Å². The van der Waals surface area contributed by atoms with Crippen molar-refractivity contribution in [3.63, 3.8) is 0 Å². The summed E-state index contributed by atoms with van der Waals surface area (Å²) in [6.07, 6.45) is 4.64.